The summed E-state index contributed by atoms with van der Waals surface area (Å²) >= 11 is 0. The van der Waals surface area contributed by atoms with Crippen molar-refractivity contribution in [3.05, 3.63) is 29.8 Å². The molecule has 1 aliphatic heterocycles. The molecule has 1 aliphatic rings. The first kappa shape index (κ1) is 18.8. The Morgan fingerprint density at radius 1 is 1.33 bits per heavy atom. The summed E-state index contributed by atoms with van der Waals surface area (Å²) < 4.78 is 0. The molecular weight excluding hydrogens is 307 g/mol. The molecule has 1 heterocycles. The highest BCUT2D eigenvalue weighted by Gasteiger charge is 2.44. The summed E-state index contributed by atoms with van der Waals surface area (Å²) in [6.45, 7) is 3.47. The molecule has 0 aromatic heterocycles. The molecule has 132 valence electrons. The largest absolute Gasteiger partial charge is 0.480 e. The second kappa shape index (κ2) is 8.01. The normalized spacial score (nSPS) is 20.0. The van der Waals surface area contributed by atoms with E-state index in [2.05, 4.69) is 29.2 Å². The summed E-state index contributed by atoms with van der Waals surface area (Å²) in [6, 6.07) is 8.21. The Bertz CT molecular complexity index is 552. The number of nitrogens with zero attached hydrogens (tertiary/aromatic N) is 1. The lowest BCUT2D eigenvalue weighted by atomic mass is 9.77. The van der Waals surface area contributed by atoms with Gasteiger partial charge in [-0.3, -0.25) is 4.79 Å². The number of carbonyl (C=O) groups is 1. The monoisotopic (exact) mass is 334 g/mol. The Morgan fingerprint density at radius 3 is 2.58 bits per heavy atom. The molecule has 1 fully saturated rings. The van der Waals surface area contributed by atoms with Gasteiger partial charge in [-0.1, -0.05) is 30.5 Å². The molecule has 0 bridgehead atoms. The van der Waals surface area contributed by atoms with Crippen LogP contribution in [0.1, 0.15) is 31.2 Å². The Morgan fingerprint density at radius 2 is 2.00 bits per heavy atom. The smallest absolute Gasteiger partial charge is 0.451 e. The molecular formula is C17H27BN2O4. The predicted octanol–water partition coefficient (Wildman–Crippen LogP) is 1.25. The molecule has 1 unspecified atom stereocenters. The maximum atomic E-state index is 11.8. The van der Waals surface area contributed by atoms with Crippen LogP contribution in [0.4, 0.5) is 5.69 Å². The molecule has 0 aliphatic carbocycles. The summed E-state index contributed by atoms with van der Waals surface area (Å²) in [6.07, 6.45) is 2.47. The van der Waals surface area contributed by atoms with E-state index in [1.54, 1.807) is 0 Å². The van der Waals surface area contributed by atoms with E-state index in [9.17, 15) is 9.90 Å². The van der Waals surface area contributed by atoms with E-state index in [0.29, 0.717) is 25.8 Å². The van der Waals surface area contributed by atoms with Gasteiger partial charge < -0.3 is 25.8 Å². The minimum Gasteiger partial charge on any atom is -0.480 e. The zero-order valence-electron chi connectivity index (χ0n) is 14.2. The van der Waals surface area contributed by atoms with Gasteiger partial charge in [-0.15, -0.1) is 0 Å². The molecule has 0 saturated carbocycles. The fourth-order valence-electron chi connectivity index (χ4n) is 3.40. The average molecular weight is 334 g/mol. The van der Waals surface area contributed by atoms with Crippen LogP contribution in [0.15, 0.2) is 24.3 Å². The molecule has 24 heavy (non-hydrogen) atoms. The topological polar surface area (TPSA) is 107 Å². The zero-order valence-corrected chi connectivity index (χ0v) is 14.2. The maximum Gasteiger partial charge on any atom is 0.451 e. The molecule has 0 radical (unpaired) electrons. The van der Waals surface area contributed by atoms with Gasteiger partial charge in [0.1, 0.15) is 5.54 Å². The van der Waals surface area contributed by atoms with Crippen LogP contribution >= 0.6 is 0 Å². The number of aliphatic carboxylic acids is 1. The standard InChI is InChI=1S/C17H27BN2O4/c1-13-4-6-15(7-5-13)20-11-8-14(12-20)17(19,16(21)22)9-2-3-10-18(23)24/h4-7,14,23-24H,2-3,8-12,19H2,1H3,(H,21,22)/t14-,17?/m0/s1. The molecule has 6 nitrogen and oxygen atoms in total. The molecule has 7 heteroatoms. The number of rotatable bonds is 8. The first-order valence-electron chi connectivity index (χ1n) is 8.53. The van der Waals surface area contributed by atoms with E-state index in [1.807, 2.05) is 6.92 Å². The molecule has 1 saturated heterocycles. The quantitative estimate of drug-likeness (QED) is 0.421. The van der Waals surface area contributed by atoms with Crippen LogP contribution in [0.25, 0.3) is 0 Å². The molecule has 1 aromatic carbocycles. The number of aryl methyl sites for hydroxylation is 1. The van der Waals surface area contributed by atoms with E-state index < -0.39 is 18.6 Å². The van der Waals surface area contributed by atoms with Crippen molar-refractivity contribution >= 4 is 18.8 Å². The summed E-state index contributed by atoms with van der Waals surface area (Å²) in [7, 11) is -1.34. The van der Waals surface area contributed by atoms with E-state index in [-0.39, 0.29) is 12.2 Å². The molecule has 2 atom stereocenters. The predicted molar refractivity (Wildman–Crippen MR) is 94.9 cm³/mol. The van der Waals surface area contributed by atoms with Crippen molar-refractivity contribution in [1.29, 1.82) is 0 Å². The highest BCUT2D eigenvalue weighted by molar-refractivity contribution is 6.40. The van der Waals surface area contributed by atoms with E-state index in [4.69, 9.17) is 15.8 Å². The van der Waals surface area contributed by atoms with Crippen LogP contribution < -0.4 is 10.6 Å². The number of carboxylic acids is 1. The Hall–Kier alpha value is -1.57. The average Bonchev–Trinajstić information content (AvgIpc) is 3.02. The number of nitrogens with two attached hydrogens (primary N) is 1. The first-order chi connectivity index (χ1) is 11.3. The number of hydrogen-bond donors (Lipinski definition) is 4. The van der Waals surface area contributed by atoms with Gasteiger partial charge in [0, 0.05) is 24.7 Å². The molecule has 2 rings (SSSR count). The van der Waals surface area contributed by atoms with E-state index in [1.165, 1.54) is 5.56 Å². The highest BCUT2D eigenvalue weighted by Crippen LogP contribution is 2.33. The van der Waals surface area contributed by atoms with Crippen LogP contribution in [-0.2, 0) is 4.79 Å². The van der Waals surface area contributed by atoms with Crippen LogP contribution in [-0.4, -0.2) is 46.9 Å². The maximum absolute atomic E-state index is 11.8. The molecule has 5 N–H and O–H groups in total. The second-order valence-corrected chi connectivity index (χ2v) is 6.84. The second-order valence-electron chi connectivity index (χ2n) is 6.84. The minimum atomic E-state index is -1.34. The van der Waals surface area contributed by atoms with Crippen molar-refractivity contribution in [2.75, 3.05) is 18.0 Å². The Kier molecular flexibility index (Phi) is 6.26. The number of carboxylic acid groups (broad SMARTS) is 1. The Balaban J connectivity index is 1.98. The lowest BCUT2D eigenvalue weighted by molar-refractivity contribution is -0.145. The van der Waals surface area contributed by atoms with Gasteiger partial charge in [-0.25, -0.2) is 0 Å². The summed E-state index contributed by atoms with van der Waals surface area (Å²) in [5, 5.41) is 27.4. The van der Waals surface area contributed by atoms with Crippen molar-refractivity contribution < 1.29 is 19.9 Å². The van der Waals surface area contributed by atoms with Crippen molar-refractivity contribution in [1.82, 2.24) is 0 Å². The van der Waals surface area contributed by atoms with Gasteiger partial charge in [0.2, 0.25) is 0 Å². The number of benzene rings is 1. The van der Waals surface area contributed by atoms with Crippen molar-refractivity contribution in [3.8, 4) is 0 Å². The zero-order chi connectivity index (χ0) is 17.7. The van der Waals surface area contributed by atoms with Gasteiger partial charge in [0.15, 0.2) is 0 Å². The molecule has 0 amide bonds. The van der Waals surface area contributed by atoms with Gasteiger partial charge in [-0.2, -0.15) is 0 Å². The van der Waals surface area contributed by atoms with Crippen molar-refractivity contribution in [3.63, 3.8) is 0 Å². The van der Waals surface area contributed by atoms with Gasteiger partial charge >= 0.3 is 13.1 Å². The van der Waals surface area contributed by atoms with E-state index >= 15 is 0 Å². The SMILES string of the molecule is Cc1ccc(N2CC[C@H](C(N)(CCCCB(O)O)C(=O)O)C2)cc1. The fraction of sp³-hybridized carbons (Fsp3) is 0.588. The number of hydrogen-bond acceptors (Lipinski definition) is 5. The Labute approximate surface area is 143 Å². The lowest BCUT2D eigenvalue weighted by Crippen LogP contribution is -2.55. The van der Waals surface area contributed by atoms with Gasteiger partial charge in [0.25, 0.3) is 0 Å². The van der Waals surface area contributed by atoms with Gasteiger partial charge in [-0.05, 0) is 38.2 Å². The van der Waals surface area contributed by atoms with Crippen LogP contribution in [0.5, 0.6) is 0 Å². The highest BCUT2D eigenvalue weighted by atomic mass is 16.4. The van der Waals surface area contributed by atoms with Crippen LogP contribution in [0.2, 0.25) is 6.32 Å². The third-order valence-electron chi connectivity index (χ3n) is 5.02. The summed E-state index contributed by atoms with van der Waals surface area (Å²) in [5.41, 5.74) is 7.30. The van der Waals surface area contributed by atoms with Crippen LogP contribution in [0, 0.1) is 12.8 Å². The van der Waals surface area contributed by atoms with Crippen LogP contribution in [0.3, 0.4) is 0 Å². The fourth-order valence-corrected chi connectivity index (χ4v) is 3.40. The number of unbranched alkanes of at least 4 members (excludes halogenated alkanes) is 1. The van der Waals surface area contributed by atoms with Crippen molar-refractivity contribution in [2.45, 2.75) is 44.5 Å². The third kappa shape index (κ3) is 4.50. The summed E-state index contributed by atoms with van der Waals surface area (Å²) in [5.74, 6) is -1.09. The van der Waals surface area contributed by atoms with Gasteiger partial charge in [0.05, 0.1) is 0 Å². The number of anilines is 1. The minimum absolute atomic E-state index is 0.115. The molecule has 1 aromatic rings. The van der Waals surface area contributed by atoms with Crippen molar-refractivity contribution in [2.24, 2.45) is 11.7 Å². The first-order valence-corrected chi connectivity index (χ1v) is 8.53. The summed E-state index contributed by atoms with van der Waals surface area (Å²) in [4.78, 5) is 14.0. The molecule has 0 spiro atoms. The third-order valence-corrected chi connectivity index (χ3v) is 5.02. The lowest BCUT2D eigenvalue weighted by Gasteiger charge is -2.31. The van der Waals surface area contributed by atoms with E-state index in [0.717, 1.165) is 18.7 Å².